The molecule has 110 valence electrons. The van der Waals surface area contributed by atoms with Gasteiger partial charge in [0.05, 0.1) is 5.56 Å². The van der Waals surface area contributed by atoms with Crippen molar-refractivity contribution in [2.75, 3.05) is 6.61 Å². The van der Waals surface area contributed by atoms with Crippen LogP contribution in [0, 0.1) is 0 Å². The average Bonchev–Trinajstić information content (AvgIpc) is 2.35. The summed E-state index contributed by atoms with van der Waals surface area (Å²) in [5, 5.41) is 0. The van der Waals surface area contributed by atoms with Gasteiger partial charge in [0.1, 0.15) is 12.4 Å². The quantitative estimate of drug-likeness (QED) is 0.361. The number of carbonyl (C=O) groups excluding carboxylic acids is 1. The third-order valence-electron chi connectivity index (χ3n) is 1.91. The Morgan fingerprint density at radius 1 is 1.25 bits per heavy atom. The minimum Gasteiger partial charge on any atom is -0.458 e. The van der Waals surface area contributed by atoms with Crippen molar-refractivity contribution in [3.63, 3.8) is 0 Å². The number of esters is 1. The first-order chi connectivity index (χ1) is 9.17. The van der Waals surface area contributed by atoms with Crippen LogP contribution in [0.1, 0.15) is 10.4 Å². The van der Waals surface area contributed by atoms with Crippen molar-refractivity contribution in [2.45, 2.75) is 5.51 Å². The van der Waals surface area contributed by atoms with E-state index in [1.807, 2.05) is 0 Å². The maximum absolute atomic E-state index is 12.1. The normalized spacial score (nSPS) is 11.8. The van der Waals surface area contributed by atoms with Crippen LogP contribution in [-0.4, -0.2) is 26.5 Å². The van der Waals surface area contributed by atoms with Crippen LogP contribution in [0.15, 0.2) is 36.9 Å². The van der Waals surface area contributed by atoms with Crippen LogP contribution in [0.4, 0.5) is 13.2 Å². The second-order valence-corrected chi connectivity index (χ2v) is 4.93. The van der Waals surface area contributed by atoms with Gasteiger partial charge in [-0.1, -0.05) is 12.7 Å². The van der Waals surface area contributed by atoms with Gasteiger partial charge in [0.2, 0.25) is 0 Å². The molecule has 0 saturated heterocycles. The van der Waals surface area contributed by atoms with Gasteiger partial charge < -0.3 is 8.92 Å². The molecular formula is C11H9F3O5S. The summed E-state index contributed by atoms with van der Waals surface area (Å²) in [6.07, 6.45) is 1.34. The van der Waals surface area contributed by atoms with E-state index >= 15 is 0 Å². The molecule has 1 rings (SSSR count). The molecule has 0 radical (unpaired) electrons. The maximum Gasteiger partial charge on any atom is 0.534 e. The van der Waals surface area contributed by atoms with E-state index in [4.69, 9.17) is 0 Å². The van der Waals surface area contributed by atoms with Crippen LogP contribution in [0.25, 0.3) is 0 Å². The highest BCUT2D eigenvalue weighted by Gasteiger charge is 2.48. The van der Waals surface area contributed by atoms with Crippen LogP contribution in [0.2, 0.25) is 0 Å². The first-order valence-electron chi connectivity index (χ1n) is 5.06. The van der Waals surface area contributed by atoms with Crippen LogP contribution >= 0.6 is 0 Å². The summed E-state index contributed by atoms with van der Waals surface area (Å²) in [6, 6.07) is 3.97. The van der Waals surface area contributed by atoms with Crippen molar-refractivity contribution >= 4 is 16.1 Å². The Morgan fingerprint density at radius 3 is 2.25 bits per heavy atom. The van der Waals surface area contributed by atoms with Crippen molar-refractivity contribution in [1.82, 2.24) is 0 Å². The van der Waals surface area contributed by atoms with Gasteiger partial charge in [0.25, 0.3) is 0 Å². The van der Waals surface area contributed by atoms with Gasteiger partial charge in [-0.05, 0) is 24.3 Å². The van der Waals surface area contributed by atoms with Crippen molar-refractivity contribution in [1.29, 1.82) is 0 Å². The number of ether oxygens (including phenoxy) is 1. The van der Waals surface area contributed by atoms with E-state index in [1.54, 1.807) is 0 Å². The number of alkyl halides is 3. The van der Waals surface area contributed by atoms with Crippen molar-refractivity contribution < 1.29 is 35.3 Å². The molecule has 0 N–H and O–H groups in total. The molecule has 0 heterocycles. The van der Waals surface area contributed by atoms with E-state index in [9.17, 15) is 26.4 Å². The van der Waals surface area contributed by atoms with Gasteiger partial charge in [-0.15, -0.1) is 0 Å². The molecule has 0 aliphatic heterocycles. The first kappa shape index (κ1) is 16.0. The Hall–Kier alpha value is -2.03. The molecule has 0 aliphatic carbocycles. The zero-order valence-electron chi connectivity index (χ0n) is 9.88. The van der Waals surface area contributed by atoms with Crippen LogP contribution in [0.3, 0.4) is 0 Å². The lowest BCUT2D eigenvalue weighted by Gasteiger charge is -2.09. The third kappa shape index (κ3) is 3.98. The number of hydrogen-bond acceptors (Lipinski definition) is 5. The highest BCUT2D eigenvalue weighted by atomic mass is 32.2. The average molecular weight is 310 g/mol. The zero-order chi connectivity index (χ0) is 15.4. The third-order valence-corrected chi connectivity index (χ3v) is 2.89. The molecule has 0 saturated carbocycles. The molecule has 0 bridgehead atoms. The molecule has 1 aromatic carbocycles. The minimum absolute atomic E-state index is 0.0282. The van der Waals surface area contributed by atoms with Gasteiger partial charge in [-0.25, -0.2) is 4.79 Å². The van der Waals surface area contributed by atoms with Crippen LogP contribution < -0.4 is 4.18 Å². The molecular weight excluding hydrogens is 301 g/mol. The summed E-state index contributed by atoms with van der Waals surface area (Å²) < 4.78 is 66.2. The van der Waals surface area contributed by atoms with E-state index in [0.717, 1.165) is 24.3 Å². The standard InChI is InChI=1S/C11H9F3O5S/c1-2-7-18-10(15)8-3-5-9(6-4-8)19-20(16,17)11(12,13)14/h2-6H,1,7H2. The fourth-order valence-corrected chi connectivity index (χ4v) is 1.50. The van der Waals surface area contributed by atoms with Gasteiger partial charge in [-0.3, -0.25) is 0 Å². The number of benzene rings is 1. The number of carbonyl (C=O) groups is 1. The molecule has 0 unspecified atom stereocenters. The molecule has 9 heteroatoms. The molecule has 0 aliphatic rings. The van der Waals surface area contributed by atoms with Crippen molar-refractivity contribution in [3.8, 4) is 5.75 Å². The monoisotopic (exact) mass is 310 g/mol. The Morgan fingerprint density at radius 2 is 1.80 bits per heavy atom. The summed E-state index contributed by atoms with van der Waals surface area (Å²) in [5.74, 6) is -1.29. The van der Waals surface area contributed by atoms with Crippen LogP contribution in [0.5, 0.6) is 5.75 Å². The highest BCUT2D eigenvalue weighted by Crippen LogP contribution is 2.26. The second kappa shape index (κ2) is 5.95. The Labute approximate surface area is 112 Å². The molecule has 0 atom stereocenters. The smallest absolute Gasteiger partial charge is 0.458 e. The summed E-state index contributed by atoms with van der Waals surface area (Å²) in [6.45, 7) is 3.31. The van der Waals surface area contributed by atoms with Gasteiger partial charge in [0.15, 0.2) is 0 Å². The molecule has 1 aromatic rings. The summed E-state index contributed by atoms with van der Waals surface area (Å²) in [5.41, 5.74) is -5.49. The molecule has 0 aromatic heterocycles. The number of hydrogen-bond donors (Lipinski definition) is 0. The maximum atomic E-state index is 12.1. The van der Waals surface area contributed by atoms with Gasteiger partial charge in [0, 0.05) is 0 Å². The minimum atomic E-state index is -5.73. The second-order valence-electron chi connectivity index (χ2n) is 3.39. The molecule has 0 amide bonds. The zero-order valence-corrected chi connectivity index (χ0v) is 10.7. The fourth-order valence-electron chi connectivity index (χ4n) is 1.04. The van der Waals surface area contributed by atoms with E-state index in [0.29, 0.717) is 0 Å². The number of rotatable bonds is 5. The van der Waals surface area contributed by atoms with Crippen LogP contribution in [-0.2, 0) is 14.9 Å². The summed E-state index contributed by atoms with van der Waals surface area (Å²) >= 11 is 0. The largest absolute Gasteiger partial charge is 0.534 e. The Bertz CT molecular complexity index is 589. The Kier molecular flexibility index (Phi) is 4.77. The molecule has 0 fully saturated rings. The number of halogens is 3. The first-order valence-corrected chi connectivity index (χ1v) is 6.47. The van der Waals surface area contributed by atoms with Crippen molar-refractivity contribution in [3.05, 3.63) is 42.5 Å². The molecule has 0 spiro atoms. The van der Waals surface area contributed by atoms with E-state index in [1.165, 1.54) is 6.08 Å². The Balaban J connectivity index is 2.83. The SMILES string of the molecule is C=CCOC(=O)c1ccc(OS(=O)(=O)C(F)(F)F)cc1. The van der Waals surface area contributed by atoms with E-state index < -0.39 is 27.3 Å². The summed E-state index contributed by atoms with van der Waals surface area (Å²) in [4.78, 5) is 11.4. The summed E-state index contributed by atoms with van der Waals surface area (Å²) in [7, 11) is -5.73. The highest BCUT2D eigenvalue weighted by molar-refractivity contribution is 7.87. The topological polar surface area (TPSA) is 69.7 Å². The predicted octanol–water partition coefficient (Wildman–Crippen LogP) is 2.26. The van der Waals surface area contributed by atoms with E-state index in [-0.39, 0.29) is 12.2 Å². The van der Waals surface area contributed by atoms with E-state index in [2.05, 4.69) is 15.5 Å². The predicted molar refractivity (Wildman–Crippen MR) is 62.5 cm³/mol. The van der Waals surface area contributed by atoms with Crippen molar-refractivity contribution in [2.24, 2.45) is 0 Å². The lowest BCUT2D eigenvalue weighted by molar-refractivity contribution is -0.0500. The fraction of sp³-hybridized carbons (Fsp3) is 0.182. The van der Waals surface area contributed by atoms with Gasteiger partial charge in [-0.2, -0.15) is 21.6 Å². The lowest BCUT2D eigenvalue weighted by Crippen LogP contribution is -2.28. The lowest BCUT2D eigenvalue weighted by atomic mass is 10.2. The molecule has 20 heavy (non-hydrogen) atoms. The van der Waals surface area contributed by atoms with Gasteiger partial charge >= 0.3 is 21.6 Å². The molecule has 5 nitrogen and oxygen atoms in total.